The Morgan fingerprint density at radius 3 is 2.74 bits per heavy atom. The van der Waals surface area contributed by atoms with Crippen molar-refractivity contribution in [1.82, 2.24) is 15.0 Å². The molecule has 1 fully saturated rings. The molecule has 0 saturated carbocycles. The number of hydrogen-bond donors (Lipinski definition) is 1. The third kappa shape index (κ3) is 3.91. The molecule has 0 radical (unpaired) electrons. The number of aliphatic hydroxyl groups excluding tert-OH is 1. The Balaban J connectivity index is 1.53. The van der Waals surface area contributed by atoms with Gasteiger partial charge in [-0.15, -0.1) is 11.3 Å². The van der Waals surface area contributed by atoms with Crippen LogP contribution in [0, 0.1) is 5.92 Å². The number of aliphatic hydroxyl groups is 1. The van der Waals surface area contributed by atoms with Crippen LogP contribution in [0.4, 0.5) is 13.2 Å². The fourth-order valence-corrected chi connectivity index (χ4v) is 3.36. The van der Waals surface area contributed by atoms with E-state index in [1.807, 2.05) is 22.4 Å². The average Bonchev–Trinajstić information content (AvgIpc) is 3.17. The van der Waals surface area contributed by atoms with Gasteiger partial charge >= 0.3 is 6.18 Å². The number of rotatable bonds is 4. The standard InChI is InChI=1S/C14H16F3N3O2S/c15-14(16,17)12(21)9-3-5-20(6-4-9)8-11-18-13(19-22-11)10-2-1-7-23-10/h1-2,7,9,12,21H,3-6,8H2. The van der Waals surface area contributed by atoms with Gasteiger partial charge in [-0.05, 0) is 43.3 Å². The van der Waals surface area contributed by atoms with Crippen molar-refractivity contribution < 1.29 is 22.8 Å². The van der Waals surface area contributed by atoms with Crippen LogP contribution >= 0.6 is 11.3 Å². The molecule has 0 aromatic carbocycles. The number of halogens is 3. The van der Waals surface area contributed by atoms with E-state index in [0.717, 1.165) is 4.88 Å². The number of hydrogen-bond acceptors (Lipinski definition) is 6. The second kappa shape index (κ2) is 6.58. The second-order valence-corrected chi connectivity index (χ2v) is 6.54. The number of piperidine rings is 1. The molecule has 1 aliphatic rings. The Hall–Kier alpha value is -1.45. The highest BCUT2D eigenvalue weighted by atomic mass is 32.1. The number of aromatic nitrogens is 2. The van der Waals surface area contributed by atoms with E-state index in [9.17, 15) is 18.3 Å². The molecule has 0 spiro atoms. The molecular formula is C14H16F3N3O2S. The Morgan fingerprint density at radius 2 is 2.13 bits per heavy atom. The largest absolute Gasteiger partial charge is 0.414 e. The monoisotopic (exact) mass is 347 g/mol. The maximum absolute atomic E-state index is 12.5. The lowest BCUT2D eigenvalue weighted by molar-refractivity contribution is -0.223. The van der Waals surface area contributed by atoms with E-state index >= 15 is 0 Å². The zero-order valence-electron chi connectivity index (χ0n) is 12.2. The molecule has 1 atom stereocenters. The highest BCUT2D eigenvalue weighted by molar-refractivity contribution is 7.13. The molecule has 3 heterocycles. The molecule has 1 saturated heterocycles. The van der Waals surface area contributed by atoms with E-state index in [4.69, 9.17) is 4.52 Å². The minimum Gasteiger partial charge on any atom is -0.383 e. The van der Waals surface area contributed by atoms with Crippen LogP contribution in [0.1, 0.15) is 18.7 Å². The fourth-order valence-electron chi connectivity index (χ4n) is 2.71. The van der Waals surface area contributed by atoms with Crippen LogP contribution in [0.5, 0.6) is 0 Å². The summed E-state index contributed by atoms with van der Waals surface area (Å²) in [7, 11) is 0. The van der Waals surface area contributed by atoms with Crippen molar-refractivity contribution >= 4 is 11.3 Å². The first kappa shape index (κ1) is 16.4. The molecule has 9 heteroatoms. The van der Waals surface area contributed by atoms with E-state index < -0.39 is 18.2 Å². The van der Waals surface area contributed by atoms with Gasteiger partial charge in [-0.2, -0.15) is 18.2 Å². The van der Waals surface area contributed by atoms with E-state index in [2.05, 4.69) is 10.1 Å². The van der Waals surface area contributed by atoms with Crippen molar-refractivity contribution in [1.29, 1.82) is 0 Å². The van der Waals surface area contributed by atoms with Crippen LogP contribution in [0.15, 0.2) is 22.0 Å². The van der Waals surface area contributed by atoms with E-state index in [1.165, 1.54) is 11.3 Å². The summed E-state index contributed by atoms with van der Waals surface area (Å²) < 4.78 is 42.8. The molecule has 0 amide bonds. The summed E-state index contributed by atoms with van der Waals surface area (Å²) in [5.41, 5.74) is 0. The van der Waals surface area contributed by atoms with E-state index in [-0.39, 0.29) is 0 Å². The van der Waals surface area contributed by atoms with E-state index in [1.54, 1.807) is 0 Å². The highest BCUT2D eigenvalue weighted by Crippen LogP contribution is 2.32. The molecule has 1 unspecified atom stereocenters. The SMILES string of the molecule is OC(C1CCN(Cc2nc(-c3cccs3)no2)CC1)C(F)(F)F. The predicted octanol–water partition coefficient (Wildman–Crippen LogP) is 2.93. The fraction of sp³-hybridized carbons (Fsp3) is 0.571. The molecule has 0 bridgehead atoms. The van der Waals surface area contributed by atoms with Crippen LogP contribution in [-0.2, 0) is 6.54 Å². The minimum absolute atomic E-state index is 0.298. The van der Waals surface area contributed by atoms with Crippen molar-refractivity contribution in [2.24, 2.45) is 5.92 Å². The van der Waals surface area contributed by atoms with Gasteiger partial charge < -0.3 is 9.63 Å². The third-order valence-electron chi connectivity index (χ3n) is 3.98. The summed E-state index contributed by atoms with van der Waals surface area (Å²) in [6.45, 7) is 1.34. The van der Waals surface area contributed by atoms with Gasteiger partial charge in [0.05, 0.1) is 11.4 Å². The number of alkyl halides is 3. The van der Waals surface area contributed by atoms with Crippen molar-refractivity contribution in [2.45, 2.75) is 31.7 Å². The van der Waals surface area contributed by atoms with Crippen LogP contribution in [0.25, 0.3) is 10.7 Å². The molecule has 1 N–H and O–H groups in total. The Labute approximate surface area is 134 Å². The summed E-state index contributed by atoms with van der Waals surface area (Å²) in [4.78, 5) is 7.17. The lowest BCUT2D eigenvalue weighted by Crippen LogP contribution is -2.43. The second-order valence-electron chi connectivity index (χ2n) is 5.59. The van der Waals surface area contributed by atoms with Crippen LogP contribution in [0.3, 0.4) is 0 Å². The zero-order chi connectivity index (χ0) is 16.4. The maximum Gasteiger partial charge on any atom is 0.414 e. The molecule has 5 nitrogen and oxygen atoms in total. The Morgan fingerprint density at radius 1 is 1.39 bits per heavy atom. The number of thiophene rings is 1. The summed E-state index contributed by atoms with van der Waals surface area (Å²) in [5, 5.41) is 15.1. The van der Waals surface area contributed by atoms with Gasteiger partial charge in [0.25, 0.3) is 0 Å². The molecule has 1 aliphatic heterocycles. The third-order valence-corrected chi connectivity index (χ3v) is 4.85. The molecule has 2 aromatic heterocycles. The molecule has 2 aromatic rings. The number of nitrogens with zero attached hydrogens (tertiary/aromatic N) is 3. The summed E-state index contributed by atoms with van der Waals surface area (Å²) in [6, 6.07) is 3.79. The van der Waals surface area contributed by atoms with Gasteiger partial charge in [0.2, 0.25) is 11.7 Å². The van der Waals surface area contributed by atoms with Gasteiger partial charge in [-0.1, -0.05) is 11.2 Å². The first-order valence-corrected chi connectivity index (χ1v) is 8.15. The molecule has 126 valence electrons. The Kier molecular flexibility index (Phi) is 4.69. The lowest BCUT2D eigenvalue weighted by Gasteiger charge is -2.33. The summed E-state index contributed by atoms with van der Waals surface area (Å²) >= 11 is 1.51. The van der Waals surface area contributed by atoms with Crippen LogP contribution < -0.4 is 0 Å². The van der Waals surface area contributed by atoms with Crippen LogP contribution in [-0.4, -0.2) is 45.5 Å². The summed E-state index contributed by atoms with van der Waals surface area (Å²) in [6.07, 6.45) is -6.19. The molecule has 3 rings (SSSR count). The maximum atomic E-state index is 12.5. The average molecular weight is 347 g/mol. The first-order chi connectivity index (χ1) is 10.9. The summed E-state index contributed by atoms with van der Waals surface area (Å²) in [5.74, 6) is 0.233. The van der Waals surface area contributed by atoms with Crippen molar-refractivity contribution in [2.75, 3.05) is 13.1 Å². The van der Waals surface area contributed by atoms with E-state index in [0.29, 0.717) is 44.2 Å². The molecule has 23 heavy (non-hydrogen) atoms. The zero-order valence-corrected chi connectivity index (χ0v) is 13.0. The molecule has 0 aliphatic carbocycles. The topological polar surface area (TPSA) is 62.4 Å². The van der Waals surface area contributed by atoms with Gasteiger partial charge in [0.1, 0.15) is 0 Å². The van der Waals surface area contributed by atoms with Gasteiger partial charge in [-0.3, -0.25) is 4.90 Å². The van der Waals surface area contributed by atoms with Gasteiger partial charge in [0, 0.05) is 0 Å². The molecular weight excluding hydrogens is 331 g/mol. The highest BCUT2D eigenvalue weighted by Gasteiger charge is 2.44. The van der Waals surface area contributed by atoms with Crippen molar-refractivity contribution in [3.63, 3.8) is 0 Å². The quantitative estimate of drug-likeness (QED) is 0.921. The lowest BCUT2D eigenvalue weighted by atomic mass is 9.91. The minimum atomic E-state index is -4.55. The van der Waals surface area contributed by atoms with Crippen molar-refractivity contribution in [3.8, 4) is 10.7 Å². The first-order valence-electron chi connectivity index (χ1n) is 7.27. The normalized spacial score (nSPS) is 19.1. The van der Waals surface area contributed by atoms with Crippen LogP contribution in [0.2, 0.25) is 0 Å². The number of likely N-dealkylation sites (tertiary alicyclic amines) is 1. The smallest absolute Gasteiger partial charge is 0.383 e. The van der Waals surface area contributed by atoms with Gasteiger partial charge in [-0.25, -0.2) is 0 Å². The van der Waals surface area contributed by atoms with Crippen molar-refractivity contribution in [3.05, 3.63) is 23.4 Å². The Bertz CT molecular complexity index is 622. The van der Waals surface area contributed by atoms with Gasteiger partial charge in [0.15, 0.2) is 6.10 Å². The predicted molar refractivity (Wildman–Crippen MR) is 77.7 cm³/mol.